The van der Waals surface area contributed by atoms with Crippen LogP contribution >= 0.6 is 11.4 Å². The predicted octanol–water partition coefficient (Wildman–Crippen LogP) is 0.726. The first-order chi connectivity index (χ1) is 9.53. The van der Waals surface area contributed by atoms with Crippen molar-refractivity contribution < 1.29 is 69.0 Å². The van der Waals surface area contributed by atoms with E-state index < -0.39 is 31.5 Å². The van der Waals surface area contributed by atoms with E-state index in [1.165, 1.54) is 0 Å². The van der Waals surface area contributed by atoms with E-state index in [1.54, 1.807) is 0 Å². The van der Waals surface area contributed by atoms with Gasteiger partial charge in [-0.3, -0.25) is 0 Å². The van der Waals surface area contributed by atoms with Crippen LogP contribution in [0.25, 0.3) is 0 Å². The molecule has 0 spiro atoms. The molecule has 0 aliphatic heterocycles. The van der Waals surface area contributed by atoms with Crippen LogP contribution in [0, 0.1) is 0 Å². The Labute approximate surface area is 199 Å². The molecule has 0 aromatic rings. The van der Waals surface area contributed by atoms with Crippen LogP contribution in [0.2, 0.25) is 0 Å². The van der Waals surface area contributed by atoms with Crippen molar-refractivity contribution in [1.82, 2.24) is 0 Å². The zero-order chi connectivity index (χ0) is 18.5. The quantitative estimate of drug-likeness (QED) is 0.268. The maximum absolute atomic E-state index is 11.1. The van der Waals surface area contributed by atoms with Crippen molar-refractivity contribution in [3.8, 4) is 0 Å². The second-order valence-electron chi connectivity index (χ2n) is 5.78. The molecular weight excluding hydrogens is 574 g/mol. The Hall–Kier alpha value is 3.58. The first-order valence-corrected chi connectivity index (χ1v) is 16.2. The second kappa shape index (κ2) is 17.3. The molecule has 0 amide bonds. The maximum atomic E-state index is 11.1. The van der Waals surface area contributed by atoms with Gasteiger partial charge >= 0.3 is 49.5 Å². The van der Waals surface area contributed by atoms with Crippen molar-refractivity contribution in [2.24, 2.45) is 0 Å². The molecule has 0 aromatic carbocycles. The third kappa shape index (κ3) is 18.1. The number of hydrogen-bond acceptors (Lipinski definition) is 6. The molecule has 0 fully saturated rings. The first kappa shape index (κ1) is 39.1. The van der Waals surface area contributed by atoms with Gasteiger partial charge < -0.3 is 55.5 Å². The first-order valence-electron chi connectivity index (χ1n) is 7.02. The summed E-state index contributed by atoms with van der Waals surface area (Å²) in [4.78, 5) is 44.3. The molecule has 164 valence electrons. The summed E-state index contributed by atoms with van der Waals surface area (Å²) in [5, 5.41) is 0.596. The summed E-state index contributed by atoms with van der Waals surface area (Å²) in [5.74, 6) is 0. The van der Waals surface area contributed by atoms with Gasteiger partial charge in [0.2, 0.25) is 0 Å². The van der Waals surface area contributed by atoms with Gasteiger partial charge in [-0.25, -0.2) is 20.1 Å². The fourth-order valence-corrected chi connectivity index (χ4v) is 18.8. The normalized spacial score (nSPS) is 12.0. The minimum Gasteiger partial charge on any atom is -0.854 e. The van der Waals surface area contributed by atoms with Crippen molar-refractivity contribution >= 4 is 56.0 Å². The standard InChI is InChI=1S/2C6H14O2PS2.3Ni/c2*1-5(2)11(6(3)4)9(7,8)10;;;/h2*5-6H,1-4H3;;;/q2*-3;3*+2. The molecule has 0 saturated carbocycles. The van der Waals surface area contributed by atoms with Gasteiger partial charge in [0.1, 0.15) is 0 Å². The summed E-state index contributed by atoms with van der Waals surface area (Å²) in [6.45, 7) is 15.2. The van der Waals surface area contributed by atoms with Crippen LogP contribution < -0.4 is 19.6 Å². The van der Waals surface area contributed by atoms with Crippen LogP contribution in [0.5, 0.6) is 0 Å². The Bertz CT molecular complexity index is 385. The molecule has 0 heterocycles. The summed E-state index contributed by atoms with van der Waals surface area (Å²) in [6, 6.07) is 0. The topological polar surface area (TPSA) is 92.2 Å². The van der Waals surface area contributed by atoms with E-state index in [1.807, 2.05) is 55.4 Å². The minimum atomic E-state index is -3.53. The largest absolute Gasteiger partial charge is 2.00 e. The van der Waals surface area contributed by atoms with Crippen molar-refractivity contribution in [1.29, 1.82) is 0 Å². The van der Waals surface area contributed by atoms with Gasteiger partial charge in [0.05, 0.1) is 0 Å². The molecule has 0 aliphatic rings. The van der Waals surface area contributed by atoms with E-state index in [2.05, 4.69) is 24.5 Å². The van der Waals surface area contributed by atoms with Crippen LogP contribution in [0.4, 0.5) is 0 Å². The van der Waals surface area contributed by atoms with Gasteiger partial charge in [-0.2, -0.15) is 0 Å². The van der Waals surface area contributed by atoms with E-state index in [0.29, 0.717) is 0 Å². The summed E-state index contributed by atoms with van der Waals surface area (Å²) in [6.07, 6.45) is 0. The molecule has 4 nitrogen and oxygen atoms in total. The van der Waals surface area contributed by atoms with Crippen molar-refractivity contribution in [2.75, 3.05) is 0 Å². The van der Waals surface area contributed by atoms with Crippen molar-refractivity contribution in [3.05, 3.63) is 0 Å². The summed E-state index contributed by atoms with van der Waals surface area (Å²) < 4.78 is 0. The minimum absolute atomic E-state index is 0. The molecule has 0 aromatic heterocycles. The Morgan fingerprint density at radius 2 is 0.640 bits per heavy atom. The monoisotopic (exact) mass is 600 g/mol. The number of hydrogen-bond donors (Lipinski definition) is 0. The molecule has 0 bridgehead atoms. The molecule has 0 radical (unpaired) electrons. The molecule has 0 atom stereocenters. The van der Waals surface area contributed by atoms with E-state index in [4.69, 9.17) is 0 Å². The maximum Gasteiger partial charge on any atom is 2.00 e. The third-order valence-corrected chi connectivity index (χ3v) is 18.6. The van der Waals surface area contributed by atoms with Gasteiger partial charge in [-0.15, -0.1) is 0 Å². The van der Waals surface area contributed by atoms with Crippen LogP contribution in [0.3, 0.4) is 0 Å². The molecule has 0 aliphatic carbocycles. The summed E-state index contributed by atoms with van der Waals surface area (Å²) in [5.41, 5.74) is -7.05. The van der Waals surface area contributed by atoms with Crippen molar-refractivity contribution in [3.63, 3.8) is 0 Å². The average molecular weight is 603 g/mol. The Morgan fingerprint density at radius 3 is 0.640 bits per heavy atom. The van der Waals surface area contributed by atoms with Gasteiger partial charge in [0.15, 0.2) is 0 Å². The fourth-order valence-electron chi connectivity index (χ4n) is 2.12. The fraction of sp³-hybridized carbons (Fsp3) is 1.00. The van der Waals surface area contributed by atoms with Crippen molar-refractivity contribution in [2.45, 2.75) is 76.4 Å². The second-order valence-corrected chi connectivity index (χ2v) is 22.4. The molecule has 25 heavy (non-hydrogen) atoms. The predicted molar refractivity (Wildman–Crippen MR) is 104 cm³/mol. The Kier molecular flexibility index (Phi) is 27.0. The molecule has 13 heteroatoms. The molecular formula is C12H28Ni3O4P2S4. The van der Waals surface area contributed by atoms with Gasteiger partial charge in [-0.1, -0.05) is 55.4 Å². The SMILES string of the molecule is CC(C)S(C(C)C)=P([O-])([O-])[S-].CC(C)S(C(C)C)=P([O-])([O-])[S-].[Ni+2].[Ni+2].[Ni+2]. The average Bonchev–Trinajstić information content (AvgIpc) is 2.08. The van der Waals surface area contributed by atoms with Crippen LogP contribution in [-0.4, -0.2) is 21.0 Å². The zero-order valence-corrected chi connectivity index (χ0v) is 23.4. The van der Waals surface area contributed by atoms with E-state index in [9.17, 15) is 19.6 Å². The van der Waals surface area contributed by atoms with E-state index in [-0.39, 0.29) is 70.5 Å². The van der Waals surface area contributed by atoms with Gasteiger partial charge in [0, 0.05) is 0 Å². The molecule has 0 unspecified atom stereocenters. The zero-order valence-electron chi connectivity index (χ0n) is 15.4. The molecule has 0 N–H and O–H groups in total. The van der Waals surface area contributed by atoms with Gasteiger partial charge in [-0.05, 0) is 21.0 Å². The van der Waals surface area contributed by atoms with Crippen LogP contribution in [0.15, 0.2) is 0 Å². The van der Waals surface area contributed by atoms with Crippen LogP contribution in [-0.2, 0) is 94.1 Å². The summed E-state index contributed by atoms with van der Waals surface area (Å²) in [7, 11) is -1.26. The third-order valence-electron chi connectivity index (χ3n) is 2.45. The number of rotatable bonds is 4. The smallest absolute Gasteiger partial charge is 0.854 e. The van der Waals surface area contributed by atoms with Crippen LogP contribution in [0.1, 0.15) is 55.4 Å². The van der Waals surface area contributed by atoms with Gasteiger partial charge in [0.25, 0.3) is 0 Å². The Morgan fingerprint density at radius 1 is 0.520 bits per heavy atom. The van der Waals surface area contributed by atoms with E-state index >= 15 is 0 Å². The summed E-state index contributed by atoms with van der Waals surface area (Å²) >= 11 is 8.94. The molecule has 0 rings (SSSR count). The van der Waals surface area contributed by atoms with E-state index in [0.717, 1.165) is 0 Å². The Balaban J connectivity index is -0.0000000952. The molecule has 0 saturated heterocycles.